The highest BCUT2D eigenvalue weighted by Gasteiger charge is 2.33. The minimum atomic E-state index is -4.79. The second-order valence-corrected chi connectivity index (χ2v) is 8.76. The van der Waals surface area contributed by atoms with E-state index in [1.165, 1.54) is 4.13 Å². The molecule has 0 amide bonds. The van der Waals surface area contributed by atoms with Crippen molar-refractivity contribution in [3.8, 4) is 0 Å². The lowest BCUT2D eigenvalue weighted by Crippen LogP contribution is -2.30. The average Bonchev–Trinajstić information content (AvgIpc) is 2.52. The topological polar surface area (TPSA) is 80.3 Å². The lowest BCUT2D eigenvalue weighted by Gasteiger charge is -2.11. The molecule has 0 aromatic heterocycles. The molecule has 1 N–H and O–H groups in total. The van der Waals surface area contributed by atoms with E-state index in [9.17, 15) is 43.2 Å². The number of alkyl halides is 6. The van der Waals surface area contributed by atoms with Gasteiger partial charge in [-0.1, -0.05) is 0 Å². The Balaban J connectivity index is 2.30. The summed E-state index contributed by atoms with van der Waals surface area (Å²) in [5, 5.41) is 0. The van der Waals surface area contributed by atoms with Crippen molar-refractivity contribution in [1.82, 2.24) is 4.13 Å². The Hall–Kier alpha value is -2.12. The van der Waals surface area contributed by atoms with Gasteiger partial charge in [-0.2, -0.15) is 26.3 Å². The molecule has 0 unspecified atom stereocenters. The standard InChI is InChI=1S/C14H9F6NO4S2/c15-13(16,17)9-1-5-11(6-2-9)26(22,23)21-27(24,25)12-7-3-10(4-8-12)14(18,19)20/h1-8,21H. The predicted molar refractivity (Wildman–Crippen MR) is 80.4 cm³/mol. The van der Waals surface area contributed by atoms with E-state index >= 15 is 0 Å². The Kier molecular flexibility index (Phi) is 5.33. The maximum Gasteiger partial charge on any atom is 0.416 e. The lowest BCUT2D eigenvalue weighted by atomic mass is 10.2. The van der Waals surface area contributed by atoms with Crippen LogP contribution in [0, 0.1) is 0 Å². The molecule has 148 valence electrons. The number of benzene rings is 2. The highest BCUT2D eigenvalue weighted by molar-refractivity contribution is 8.04. The second kappa shape index (κ2) is 6.80. The maximum absolute atomic E-state index is 12.5. The van der Waals surface area contributed by atoms with Crippen LogP contribution in [-0.2, 0) is 32.4 Å². The smallest absolute Gasteiger partial charge is 0.206 e. The molecule has 0 saturated carbocycles. The normalized spacial score (nSPS) is 13.6. The third kappa shape index (κ3) is 4.99. The fraction of sp³-hybridized carbons (Fsp3) is 0.143. The molecule has 0 aliphatic heterocycles. The van der Waals surface area contributed by atoms with Crippen molar-refractivity contribution in [2.45, 2.75) is 22.1 Å². The van der Waals surface area contributed by atoms with Crippen LogP contribution < -0.4 is 4.13 Å². The first kappa shape index (κ1) is 21.2. The number of hydrogen-bond donors (Lipinski definition) is 1. The summed E-state index contributed by atoms with van der Waals surface area (Å²) in [5.41, 5.74) is -2.29. The van der Waals surface area contributed by atoms with Crippen molar-refractivity contribution in [2.24, 2.45) is 0 Å². The third-order valence-corrected chi connectivity index (χ3v) is 6.74. The van der Waals surface area contributed by atoms with E-state index in [1.807, 2.05) is 0 Å². The molecule has 2 rings (SSSR count). The highest BCUT2D eigenvalue weighted by Crippen LogP contribution is 2.31. The highest BCUT2D eigenvalue weighted by atomic mass is 32.3. The van der Waals surface area contributed by atoms with Gasteiger partial charge in [0.15, 0.2) is 0 Å². The summed E-state index contributed by atoms with van der Waals surface area (Å²) in [5.74, 6) is 0. The zero-order chi connectivity index (χ0) is 20.7. The number of sulfonamides is 2. The van der Waals surface area contributed by atoms with Crippen LogP contribution in [0.2, 0.25) is 0 Å². The average molecular weight is 433 g/mol. The van der Waals surface area contributed by atoms with Gasteiger partial charge in [0.25, 0.3) is 20.0 Å². The minimum Gasteiger partial charge on any atom is -0.206 e. The van der Waals surface area contributed by atoms with Gasteiger partial charge < -0.3 is 0 Å². The summed E-state index contributed by atoms with van der Waals surface area (Å²) >= 11 is 0. The van der Waals surface area contributed by atoms with Gasteiger partial charge in [-0.3, -0.25) is 0 Å². The van der Waals surface area contributed by atoms with Crippen LogP contribution in [0.4, 0.5) is 26.3 Å². The van der Waals surface area contributed by atoms with Crippen LogP contribution in [0.25, 0.3) is 0 Å². The van der Waals surface area contributed by atoms with Crippen molar-refractivity contribution in [3.63, 3.8) is 0 Å². The minimum absolute atomic E-state index is 0.444. The molecular weight excluding hydrogens is 424 g/mol. The number of halogens is 6. The van der Waals surface area contributed by atoms with E-state index in [0.29, 0.717) is 48.5 Å². The van der Waals surface area contributed by atoms with Gasteiger partial charge in [0.05, 0.1) is 20.9 Å². The summed E-state index contributed by atoms with van der Waals surface area (Å²) in [7, 11) is -9.59. The summed E-state index contributed by atoms with van der Waals surface area (Å²) in [6.45, 7) is 0. The zero-order valence-electron chi connectivity index (χ0n) is 12.8. The summed E-state index contributed by atoms with van der Waals surface area (Å²) in [6.07, 6.45) is -9.44. The number of nitrogens with one attached hydrogen (secondary N) is 1. The van der Waals surface area contributed by atoms with Gasteiger partial charge in [0.2, 0.25) is 0 Å². The molecule has 2 aromatic rings. The van der Waals surface area contributed by atoms with Crippen molar-refractivity contribution in [3.05, 3.63) is 59.7 Å². The van der Waals surface area contributed by atoms with E-state index in [0.717, 1.165) is 0 Å². The first-order valence-corrected chi connectivity index (χ1v) is 9.73. The third-order valence-electron chi connectivity index (χ3n) is 3.20. The van der Waals surface area contributed by atoms with Gasteiger partial charge in [0, 0.05) is 0 Å². The predicted octanol–water partition coefficient (Wildman–Crippen LogP) is 3.39. The van der Waals surface area contributed by atoms with E-state index in [2.05, 4.69) is 0 Å². The molecule has 0 aliphatic carbocycles. The Bertz CT molecular complexity index is 940. The van der Waals surface area contributed by atoms with Crippen LogP contribution in [0.1, 0.15) is 11.1 Å². The van der Waals surface area contributed by atoms with Crippen LogP contribution in [0.15, 0.2) is 58.3 Å². The number of rotatable bonds is 4. The second-order valence-electron chi connectivity index (χ2n) is 5.13. The van der Waals surface area contributed by atoms with Crippen LogP contribution in [-0.4, -0.2) is 16.8 Å². The van der Waals surface area contributed by atoms with E-state index < -0.39 is 53.3 Å². The molecule has 5 nitrogen and oxygen atoms in total. The van der Waals surface area contributed by atoms with Gasteiger partial charge in [0.1, 0.15) is 0 Å². The molecule has 0 spiro atoms. The van der Waals surface area contributed by atoms with Gasteiger partial charge in [-0.15, -0.1) is 4.13 Å². The Labute approximate surface area is 149 Å². The Morgan fingerprint density at radius 1 is 0.556 bits per heavy atom. The number of hydrogen-bond acceptors (Lipinski definition) is 4. The summed E-state index contributed by atoms with van der Waals surface area (Å²) in [4.78, 5) is -1.54. The molecule has 13 heteroatoms. The van der Waals surface area contributed by atoms with E-state index in [4.69, 9.17) is 0 Å². The molecule has 0 bridgehead atoms. The molecule has 2 aromatic carbocycles. The molecule has 0 radical (unpaired) electrons. The van der Waals surface area contributed by atoms with Crippen LogP contribution in [0.5, 0.6) is 0 Å². The van der Waals surface area contributed by atoms with Crippen molar-refractivity contribution in [1.29, 1.82) is 0 Å². The van der Waals surface area contributed by atoms with E-state index in [-0.39, 0.29) is 0 Å². The molecule has 0 saturated heterocycles. The summed E-state index contributed by atoms with van der Waals surface area (Å²) in [6, 6.07) is 3.97. The Morgan fingerprint density at radius 2 is 0.815 bits per heavy atom. The van der Waals surface area contributed by atoms with Gasteiger partial charge >= 0.3 is 12.4 Å². The van der Waals surface area contributed by atoms with Crippen molar-refractivity contribution < 1.29 is 43.2 Å². The SMILES string of the molecule is O=S(=O)(NS(=O)(=O)c1ccc(C(F)(F)F)cc1)c1ccc(C(F)(F)F)cc1. The molecular formula is C14H9F6NO4S2. The molecule has 27 heavy (non-hydrogen) atoms. The van der Waals surface area contributed by atoms with Gasteiger partial charge in [-0.05, 0) is 48.5 Å². The Morgan fingerprint density at radius 3 is 1.04 bits per heavy atom. The molecule has 0 fully saturated rings. The lowest BCUT2D eigenvalue weighted by molar-refractivity contribution is -0.138. The maximum atomic E-state index is 12.5. The fourth-order valence-electron chi connectivity index (χ4n) is 1.89. The molecule has 0 atom stereocenters. The van der Waals surface area contributed by atoms with Crippen molar-refractivity contribution >= 4 is 20.0 Å². The van der Waals surface area contributed by atoms with Crippen molar-refractivity contribution in [2.75, 3.05) is 0 Å². The van der Waals surface area contributed by atoms with Crippen LogP contribution >= 0.6 is 0 Å². The zero-order valence-corrected chi connectivity index (χ0v) is 14.5. The quantitative estimate of drug-likeness (QED) is 0.750. The molecule has 0 heterocycles. The largest absolute Gasteiger partial charge is 0.416 e. The van der Waals surface area contributed by atoms with E-state index in [1.54, 1.807) is 0 Å². The first-order valence-electron chi connectivity index (χ1n) is 6.76. The monoisotopic (exact) mass is 433 g/mol. The summed E-state index contributed by atoms with van der Waals surface area (Å²) < 4.78 is 124. The molecule has 0 aliphatic rings. The first-order chi connectivity index (χ1) is 12.1. The fourth-order valence-corrected chi connectivity index (χ4v) is 4.80. The van der Waals surface area contributed by atoms with Crippen LogP contribution in [0.3, 0.4) is 0 Å². The van der Waals surface area contributed by atoms with Gasteiger partial charge in [-0.25, -0.2) is 16.8 Å².